The Labute approximate surface area is 185 Å². The van der Waals surface area contributed by atoms with E-state index in [2.05, 4.69) is 15.3 Å². The van der Waals surface area contributed by atoms with Crippen molar-refractivity contribution in [3.63, 3.8) is 0 Å². The summed E-state index contributed by atoms with van der Waals surface area (Å²) >= 11 is 8.10. The second-order valence-electron chi connectivity index (χ2n) is 6.78. The number of methoxy groups -OCH3 is 1. The van der Waals surface area contributed by atoms with Crippen LogP contribution in [0.1, 0.15) is 42.0 Å². The normalized spacial score (nSPS) is 12.0. The standard InChI is InChI=1S/C22H26ClN3O3S/c1-4-10-29-20-15(23)12-14(13-19(20)28-2)22(27)26-18(9-11-30-3)21-24-16-7-5-6-8-17(16)25-21/h5-8,12-13,18H,4,9-11H2,1-3H3,(H,24,25)(H,26,27). The number of aromatic amines is 1. The molecule has 30 heavy (non-hydrogen) atoms. The number of carbonyl (C=O) groups is 1. The topological polar surface area (TPSA) is 76.2 Å². The number of nitrogens with one attached hydrogen (secondary N) is 2. The van der Waals surface area contributed by atoms with Gasteiger partial charge in [-0.05, 0) is 49.1 Å². The number of hydrogen-bond acceptors (Lipinski definition) is 5. The zero-order chi connectivity index (χ0) is 21.5. The van der Waals surface area contributed by atoms with E-state index in [0.717, 1.165) is 35.5 Å². The molecular formula is C22H26ClN3O3S. The minimum Gasteiger partial charge on any atom is -0.493 e. The molecule has 0 fully saturated rings. The quantitative estimate of drug-likeness (QED) is 0.444. The first-order valence-electron chi connectivity index (χ1n) is 9.82. The maximum atomic E-state index is 13.0. The van der Waals surface area contributed by atoms with Gasteiger partial charge in [0.15, 0.2) is 11.5 Å². The van der Waals surface area contributed by atoms with Gasteiger partial charge in [-0.3, -0.25) is 4.79 Å². The molecule has 6 nitrogen and oxygen atoms in total. The highest BCUT2D eigenvalue weighted by Crippen LogP contribution is 2.36. The fourth-order valence-electron chi connectivity index (χ4n) is 3.09. The van der Waals surface area contributed by atoms with E-state index in [9.17, 15) is 4.79 Å². The minimum absolute atomic E-state index is 0.246. The van der Waals surface area contributed by atoms with E-state index in [1.165, 1.54) is 7.11 Å². The monoisotopic (exact) mass is 447 g/mol. The number of aromatic nitrogens is 2. The predicted molar refractivity (Wildman–Crippen MR) is 123 cm³/mol. The Morgan fingerprint density at radius 1 is 1.33 bits per heavy atom. The van der Waals surface area contributed by atoms with Gasteiger partial charge in [0.1, 0.15) is 5.82 Å². The van der Waals surface area contributed by atoms with Gasteiger partial charge in [0, 0.05) is 5.56 Å². The number of amides is 1. The van der Waals surface area contributed by atoms with Gasteiger partial charge in [-0.2, -0.15) is 11.8 Å². The van der Waals surface area contributed by atoms with Crippen molar-refractivity contribution < 1.29 is 14.3 Å². The third-order valence-electron chi connectivity index (χ3n) is 4.60. The molecule has 3 aromatic rings. The van der Waals surface area contributed by atoms with Crippen LogP contribution >= 0.6 is 23.4 Å². The molecule has 1 unspecified atom stereocenters. The molecule has 0 spiro atoms. The molecule has 2 aromatic carbocycles. The van der Waals surface area contributed by atoms with Gasteiger partial charge < -0.3 is 19.8 Å². The molecule has 0 aliphatic rings. The molecular weight excluding hydrogens is 422 g/mol. The van der Waals surface area contributed by atoms with Crippen LogP contribution in [0.2, 0.25) is 5.02 Å². The highest BCUT2D eigenvalue weighted by Gasteiger charge is 2.21. The molecule has 0 bridgehead atoms. The average Bonchev–Trinajstić information content (AvgIpc) is 3.19. The molecule has 1 heterocycles. The van der Waals surface area contributed by atoms with Crippen LogP contribution in [0.5, 0.6) is 11.5 Å². The Morgan fingerprint density at radius 3 is 2.83 bits per heavy atom. The van der Waals surface area contributed by atoms with Gasteiger partial charge in [0.05, 0.1) is 35.8 Å². The second kappa shape index (κ2) is 10.6. The first-order valence-corrected chi connectivity index (χ1v) is 11.6. The van der Waals surface area contributed by atoms with Gasteiger partial charge in [-0.25, -0.2) is 4.98 Å². The smallest absolute Gasteiger partial charge is 0.252 e. The Kier molecular flexibility index (Phi) is 7.87. The van der Waals surface area contributed by atoms with E-state index in [1.807, 2.05) is 37.4 Å². The number of fused-ring (bicyclic) bond motifs is 1. The summed E-state index contributed by atoms with van der Waals surface area (Å²) in [6.45, 7) is 2.53. The van der Waals surface area contributed by atoms with Crippen LogP contribution in [0, 0.1) is 0 Å². The average molecular weight is 448 g/mol. The van der Waals surface area contributed by atoms with Crippen LogP contribution in [0.15, 0.2) is 36.4 Å². The molecule has 1 atom stereocenters. The Balaban J connectivity index is 1.85. The van der Waals surface area contributed by atoms with Crippen molar-refractivity contribution in [2.75, 3.05) is 25.7 Å². The van der Waals surface area contributed by atoms with Gasteiger partial charge in [0.2, 0.25) is 0 Å². The van der Waals surface area contributed by atoms with Crippen molar-refractivity contribution in [1.82, 2.24) is 15.3 Å². The Bertz CT molecular complexity index is 975. The molecule has 0 saturated heterocycles. The van der Waals surface area contributed by atoms with Crippen molar-refractivity contribution >= 4 is 40.3 Å². The molecule has 0 aliphatic carbocycles. The van der Waals surface area contributed by atoms with Crippen LogP contribution in [0.25, 0.3) is 11.0 Å². The predicted octanol–water partition coefficient (Wildman–Crippen LogP) is 5.24. The second-order valence-corrected chi connectivity index (χ2v) is 8.18. The van der Waals surface area contributed by atoms with Crippen LogP contribution in [-0.4, -0.2) is 41.6 Å². The van der Waals surface area contributed by atoms with Crippen molar-refractivity contribution in [2.24, 2.45) is 0 Å². The highest BCUT2D eigenvalue weighted by atomic mass is 35.5. The van der Waals surface area contributed by atoms with Gasteiger partial charge in [-0.1, -0.05) is 30.7 Å². The summed E-state index contributed by atoms with van der Waals surface area (Å²) < 4.78 is 11.1. The molecule has 160 valence electrons. The summed E-state index contributed by atoms with van der Waals surface area (Å²) in [4.78, 5) is 21.0. The number of H-pyrrole nitrogens is 1. The fourth-order valence-corrected chi connectivity index (χ4v) is 3.82. The zero-order valence-electron chi connectivity index (χ0n) is 17.3. The number of thioether (sulfide) groups is 1. The van der Waals surface area contributed by atoms with Crippen molar-refractivity contribution in [3.05, 3.63) is 52.8 Å². The largest absolute Gasteiger partial charge is 0.493 e. The van der Waals surface area contributed by atoms with Crippen LogP contribution in [0.4, 0.5) is 0 Å². The summed E-state index contributed by atoms with van der Waals surface area (Å²) in [6, 6.07) is 10.8. The van der Waals surface area contributed by atoms with E-state index < -0.39 is 0 Å². The van der Waals surface area contributed by atoms with Crippen LogP contribution < -0.4 is 14.8 Å². The molecule has 2 N–H and O–H groups in total. The number of ether oxygens (including phenoxy) is 2. The van der Waals surface area contributed by atoms with Crippen molar-refractivity contribution in [2.45, 2.75) is 25.8 Å². The van der Waals surface area contributed by atoms with E-state index in [1.54, 1.807) is 23.9 Å². The highest BCUT2D eigenvalue weighted by molar-refractivity contribution is 7.98. The zero-order valence-corrected chi connectivity index (χ0v) is 18.9. The number of benzene rings is 2. The lowest BCUT2D eigenvalue weighted by atomic mass is 10.1. The Morgan fingerprint density at radius 2 is 2.13 bits per heavy atom. The number of para-hydroxylation sites is 2. The van der Waals surface area contributed by atoms with Gasteiger partial charge in [-0.15, -0.1) is 0 Å². The maximum absolute atomic E-state index is 13.0. The fraction of sp³-hybridized carbons (Fsp3) is 0.364. The van der Waals surface area contributed by atoms with Crippen LogP contribution in [0.3, 0.4) is 0 Å². The lowest BCUT2D eigenvalue weighted by Crippen LogP contribution is -2.29. The minimum atomic E-state index is -0.252. The number of nitrogens with zero attached hydrogens (tertiary/aromatic N) is 1. The molecule has 0 saturated carbocycles. The number of carbonyl (C=O) groups excluding carboxylic acids is 1. The van der Waals surface area contributed by atoms with Crippen molar-refractivity contribution in [3.8, 4) is 11.5 Å². The molecule has 0 aliphatic heterocycles. The van der Waals surface area contributed by atoms with E-state index in [-0.39, 0.29) is 11.9 Å². The van der Waals surface area contributed by atoms with E-state index >= 15 is 0 Å². The third-order valence-corrected chi connectivity index (χ3v) is 5.52. The van der Waals surface area contributed by atoms with E-state index in [0.29, 0.717) is 28.7 Å². The molecule has 0 radical (unpaired) electrons. The number of halogens is 1. The van der Waals surface area contributed by atoms with E-state index in [4.69, 9.17) is 21.1 Å². The van der Waals surface area contributed by atoms with Gasteiger partial charge >= 0.3 is 0 Å². The molecule has 3 rings (SSSR count). The summed E-state index contributed by atoms with van der Waals surface area (Å²) in [5.41, 5.74) is 2.22. The lowest BCUT2D eigenvalue weighted by Gasteiger charge is -2.18. The third kappa shape index (κ3) is 5.21. The summed E-state index contributed by atoms with van der Waals surface area (Å²) in [7, 11) is 1.53. The summed E-state index contributed by atoms with van der Waals surface area (Å²) in [5.74, 6) is 2.26. The molecule has 1 aromatic heterocycles. The first kappa shape index (κ1) is 22.3. The number of rotatable bonds is 10. The van der Waals surface area contributed by atoms with Crippen LogP contribution in [-0.2, 0) is 0 Å². The maximum Gasteiger partial charge on any atom is 0.252 e. The Hall–Kier alpha value is -2.38. The molecule has 1 amide bonds. The first-order chi connectivity index (χ1) is 14.6. The molecule has 8 heteroatoms. The number of hydrogen-bond donors (Lipinski definition) is 2. The SMILES string of the molecule is CCCOc1c(Cl)cc(C(=O)NC(CCSC)c2nc3ccccc3[nH]2)cc1OC. The summed E-state index contributed by atoms with van der Waals surface area (Å²) in [5, 5.41) is 3.43. The summed E-state index contributed by atoms with van der Waals surface area (Å²) in [6.07, 6.45) is 3.63. The lowest BCUT2D eigenvalue weighted by molar-refractivity contribution is 0.0933. The number of imidazole rings is 1. The van der Waals surface area contributed by atoms with Crippen molar-refractivity contribution in [1.29, 1.82) is 0 Å². The van der Waals surface area contributed by atoms with Gasteiger partial charge in [0.25, 0.3) is 5.91 Å².